The number of anilines is 2. The molecule has 0 spiro atoms. The Hall–Kier alpha value is -3.43. The highest BCUT2D eigenvalue weighted by molar-refractivity contribution is 6.36. The zero-order valence-electron chi connectivity index (χ0n) is 23.4. The van der Waals surface area contributed by atoms with E-state index in [0.717, 1.165) is 64.5 Å². The molecule has 8 nitrogen and oxygen atoms in total. The topological polar surface area (TPSA) is 65.0 Å². The van der Waals surface area contributed by atoms with Crippen LogP contribution in [0, 0.1) is 0 Å². The molecular formula is C31H36ClFN6O2. The van der Waals surface area contributed by atoms with Crippen molar-refractivity contribution in [1.29, 1.82) is 0 Å². The number of fused-ring (bicyclic) bond motifs is 2. The number of halogens is 2. The van der Waals surface area contributed by atoms with Gasteiger partial charge in [-0.05, 0) is 56.4 Å². The number of likely N-dealkylation sites (N-methyl/N-ethyl adjacent to an activating group) is 1. The Morgan fingerprint density at radius 2 is 1.88 bits per heavy atom. The highest BCUT2D eigenvalue weighted by Gasteiger charge is 2.30. The number of rotatable bonds is 7. The summed E-state index contributed by atoms with van der Waals surface area (Å²) in [6, 6.07) is 13.1. The van der Waals surface area contributed by atoms with Gasteiger partial charge in [0, 0.05) is 61.5 Å². The van der Waals surface area contributed by atoms with Gasteiger partial charge >= 0.3 is 6.01 Å². The third-order valence-corrected chi connectivity index (χ3v) is 8.83. The van der Waals surface area contributed by atoms with Crippen LogP contribution in [-0.4, -0.2) is 91.3 Å². The van der Waals surface area contributed by atoms with Gasteiger partial charge in [-0.2, -0.15) is 9.97 Å². The van der Waals surface area contributed by atoms with Crippen LogP contribution in [0.5, 0.6) is 6.01 Å². The van der Waals surface area contributed by atoms with Crippen molar-refractivity contribution in [2.45, 2.75) is 31.8 Å². The predicted octanol–water partition coefficient (Wildman–Crippen LogP) is 4.49. The maximum atomic E-state index is 12.5. The minimum Gasteiger partial charge on any atom is -0.462 e. The number of ether oxygens (including phenoxy) is 1. The minimum absolute atomic E-state index is 0.152. The largest absolute Gasteiger partial charge is 0.462 e. The first-order valence-electron chi connectivity index (χ1n) is 14.4. The van der Waals surface area contributed by atoms with Crippen LogP contribution < -0.4 is 14.5 Å². The lowest BCUT2D eigenvalue weighted by Gasteiger charge is -2.38. The van der Waals surface area contributed by atoms with E-state index in [1.807, 2.05) is 12.1 Å². The van der Waals surface area contributed by atoms with E-state index in [9.17, 15) is 9.18 Å². The normalized spacial score (nSPS) is 19.8. The van der Waals surface area contributed by atoms with Gasteiger partial charge in [0.2, 0.25) is 5.91 Å². The number of hydrogen-bond acceptors (Lipinski definition) is 7. The molecular weight excluding hydrogens is 543 g/mol. The number of carbonyl (C=O) groups excluding carboxylic acids is 1. The smallest absolute Gasteiger partial charge is 0.318 e. The summed E-state index contributed by atoms with van der Waals surface area (Å²) in [5, 5.41) is 2.91. The molecule has 0 bridgehead atoms. The first-order valence-corrected chi connectivity index (χ1v) is 14.8. The molecule has 0 saturated carbocycles. The summed E-state index contributed by atoms with van der Waals surface area (Å²) >= 11 is 6.68. The quantitative estimate of drug-likeness (QED) is 0.383. The molecule has 1 amide bonds. The Labute approximate surface area is 245 Å². The summed E-state index contributed by atoms with van der Waals surface area (Å²) < 4.78 is 18.8. The third-order valence-electron chi connectivity index (χ3n) is 8.51. The number of piperazine rings is 1. The lowest BCUT2D eigenvalue weighted by molar-refractivity contribution is -0.126. The van der Waals surface area contributed by atoms with E-state index in [0.29, 0.717) is 51.4 Å². The zero-order valence-corrected chi connectivity index (χ0v) is 24.2. The van der Waals surface area contributed by atoms with Gasteiger partial charge in [0.15, 0.2) is 0 Å². The van der Waals surface area contributed by atoms with Gasteiger partial charge in [0.1, 0.15) is 19.1 Å². The van der Waals surface area contributed by atoms with E-state index >= 15 is 0 Å². The Bertz CT molecular complexity index is 1440. The van der Waals surface area contributed by atoms with E-state index < -0.39 is 6.67 Å². The van der Waals surface area contributed by atoms with Crippen LogP contribution in [0.4, 0.5) is 15.9 Å². The third kappa shape index (κ3) is 5.83. The summed E-state index contributed by atoms with van der Waals surface area (Å²) in [5.41, 5.74) is 3.20. The van der Waals surface area contributed by atoms with Crippen molar-refractivity contribution in [3.05, 3.63) is 64.8 Å². The summed E-state index contributed by atoms with van der Waals surface area (Å²) in [5.74, 6) is 0.743. The molecule has 3 aliphatic rings. The number of likely N-dealkylation sites (tertiary alicyclic amines) is 1. The van der Waals surface area contributed by atoms with Crippen LogP contribution in [-0.2, 0) is 17.8 Å². The summed E-state index contributed by atoms with van der Waals surface area (Å²) in [7, 11) is 2.14. The standard InChI is InChI=1S/C31H36ClFN6O2/c1-36-14-5-8-23(36)21-41-31-34-26-20-39(27-10-3-7-22-6-2-9-25(32)29(22)27)15-12-24(26)30(35-31)38-18-16-37(17-19-38)28(40)11-4-13-33/h2-4,6-7,9-11,23H,5,8,12-21H2,1H3/b11-4+/t23-/m0/s1. The highest BCUT2D eigenvalue weighted by atomic mass is 35.5. The molecule has 3 aromatic rings. The van der Waals surface area contributed by atoms with Gasteiger partial charge in [-0.1, -0.05) is 35.9 Å². The monoisotopic (exact) mass is 578 g/mol. The fraction of sp³-hybridized carbons (Fsp3) is 0.452. The average Bonchev–Trinajstić information content (AvgIpc) is 3.42. The SMILES string of the molecule is CN1CCC[C@H]1COc1nc2c(c(N3CCN(C(=O)/C=C/CF)CC3)n1)CCN(c1cccc3cccc(Cl)c13)C2. The number of hydrogen-bond donors (Lipinski definition) is 0. The minimum atomic E-state index is -0.639. The molecule has 0 N–H and O–H groups in total. The second-order valence-electron chi connectivity index (χ2n) is 11.0. The number of amides is 1. The number of alkyl halides is 1. The number of nitrogens with zero attached hydrogens (tertiary/aromatic N) is 6. The second-order valence-corrected chi connectivity index (χ2v) is 11.4. The van der Waals surface area contributed by atoms with Crippen molar-refractivity contribution in [2.24, 2.45) is 0 Å². The molecule has 41 heavy (non-hydrogen) atoms. The molecule has 216 valence electrons. The Morgan fingerprint density at radius 1 is 1.07 bits per heavy atom. The van der Waals surface area contributed by atoms with Crippen molar-refractivity contribution in [2.75, 3.05) is 69.4 Å². The van der Waals surface area contributed by atoms with Crippen molar-refractivity contribution < 1.29 is 13.9 Å². The number of allylic oxidation sites excluding steroid dienone is 1. The molecule has 1 atom stereocenters. The van der Waals surface area contributed by atoms with Crippen molar-refractivity contribution in [3.63, 3.8) is 0 Å². The van der Waals surface area contributed by atoms with Gasteiger partial charge in [-0.25, -0.2) is 4.39 Å². The molecule has 0 aliphatic carbocycles. The Kier molecular flexibility index (Phi) is 8.25. The van der Waals surface area contributed by atoms with Gasteiger partial charge < -0.3 is 24.3 Å². The highest BCUT2D eigenvalue weighted by Crippen LogP contribution is 2.37. The van der Waals surface area contributed by atoms with Gasteiger partial charge in [0.25, 0.3) is 0 Å². The molecule has 2 saturated heterocycles. The van der Waals surface area contributed by atoms with Gasteiger partial charge in [-0.3, -0.25) is 4.79 Å². The molecule has 2 fully saturated rings. The lowest BCUT2D eigenvalue weighted by Crippen LogP contribution is -2.49. The van der Waals surface area contributed by atoms with Crippen molar-refractivity contribution >= 4 is 39.8 Å². The molecule has 0 radical (unpaired) electrons. The van der Waals surface area contributed by atoms with E-state index in [4.69, 9.17) is 26.3 Å². The van der Waals surface area contributed by atoms with Crippen molar-refractivity contribution in [1.82, 2.24) is 19.8 Å². The van der Waals surface area contributed by atoms with Crippen LogP contribution in [0.15, 0.2) is 48.6 Å². The summed E-state index contributed by atoms with van der Waals surface area (Å²) in [6.07, 6.45) is 5.65. The second kappa shape index (κ2) is 12.2. The number of carbonyl (C=O) groups is 1. The summed E-state index contributed by atoms with van der Waals surface area (Å²) in [6.45, 7) is 4.83. The van der Waals surface area contributed by atoms with E-state index in [2.05, 4.69) is 46.0 Å². The number of aromatic nitrogens is 2. The number of benzene rings is 2. The zero-order chi connectivity index (χ0) is 28.3. The molecule has 4 heterocycles. The first-order chi connectivity index (χ1) is 20.0. The predicted molar refractivity (Wildman–Crippen MR) is 161 cm³/mol. The van der Waals surface area contributed by atoms with Gasteiger partial charge in [0.05, 0.1) is 17.3 Å². The molecule has 2 aromatic carbocycles. The van der Waals surface area contributed by atoms with Crippen LogP contribution in [0.1, 0.15) is 24.1 Å². The maximum Gasteiger partial charge on any atom is 0.318 e. The lowest BCUT2D eigenvalue weighted by atomic mass is 10.0. The van der Waals surface area contributed by atoms with Crippen LogP contribution in [0.3, 0.4) is 0 Å². The van der Waals surface area contributed by atoms with Gasteiger partial charge in [-0.15, -0.1) is 0 Å². The first kappa shape index (κ1) is 27.7. The fourth-order valence-corrected chi connectivity index (χ4v) is 6.49. The van der Waals surface area contributed by atoms with Crippen LogP contribution >= 0.6 is 11.6 Å². The molecule has 1 aromatic heterocycles. The maximum absolute atomic E-state index is 12.5. The fourth-order valence-electron chi connectivity index (χ4n) is 6.21. The van der Waals surface area contributed by atoms with E-state index in [1.54, 1.807) is 4.90 Å². The van der Waals surface area contributed by atoms with Crippen LogP contribution in [0.25, 0.3) is 10.8 Å². The Morgan fingerprint density at radius 3 is 2.63 bits per heavy atom. The molecule has 3 aliphatic heterocycles. The molecule has 10 heteroatoms. The summed E-state index contributed by atoms with van der Waals surface area (Å²) in [4.78, 5) is 31.0. The molecule has 0 unspecified atom stereocenters. The van der Waals surface area contributed by atoms with Crippen LogP contribution in [0.2, 0.25) is 5.02 Å². The average molecular weight is 579 g/mol. The van der Waals surface area contributed by atoms with E-state index in [1.165, 1.54) is 18.6 Å². The van der Waals surface area contributed by atoms with E-state index in [-0.39, 0.29) is 5.91 Å². The Balaban J connectivity index is 1.28. The molecule has 6 rings (SSSR count). The van der Waals surface area contributed by atoms with Crippen molar-refractivity contribution in [3.8, 4) is 6.01 Å².